The number of amides is 1. The van der Waals surface area contributed by atoms with Crippen molar-refractivity contribution in [3.63, 3.8) is 0 Å². The minimum Gasteiger partial charge on any atom is -0.378 e. The molecule has 0 bridgehead atoms. The smallest absolute Gasteiger partial charge is 0.236 e. The third-order valence-corrected chi connectivity index (χ3v) is 3.28. The molecule has 88 valence electrons. The van der Waals surface area contributed by atoms with Gasteiger partial charge < -0.3 is 15.8 Å². The Balaban J connectivity index is 2.45. The van der Waals surface area contributed by atoms with Gasteiger partial charge in [0.15, 0.2) is 0 Å². The molecule has 0 aromatic heterocycles. The summed E-state index contributed by atoms with van der Waals surface area (Å²) in [6, 6.07) is -0.250. The maximum absolute atomic E-state index is 11.4. The van der Waals surface area contributed by atoms with Crippen LogP contribution < -0.4 is 11.1 Å². The summed E-state index contributed by atoms with van der Waals surface area (Å²) in [5, 5.41) is 2.95. The molecule has 1 aliphatic rings. The summed E-state index contributed by atoms with van der Waals surface area (Å²) in [4.78, 5) is 11.4. The maximum atomic E-state index is 11.4. The lowest BCUT2D eigenvalue weighted by Gasteiger charge is -2.51. The third kappa shape index (κ3) is 2.49. The average molecular weight is 214 g/mol. The van der Waals surface area contributed by atoms with Crippen molar-refractivity contribution < 1.29 is 9.53 Å². The lowest BCUT2D eigenvalue weighted by Crippen LogP contribution is -2.63. The van der Waals surface area contributed by atoms with Crippen LogP contribution in [0.2, 0.25) is 0 Å². The van der Waals surface area contributed by atoms with Crippen LogP contribution >= 0.6 is 0 Å². The summed E-state index contributed by atoms with van der Waals surface area (Å²) >= 11 is 0. The van der Waals surface area contributed by atoms with Gasteiger partial charge in [0.25, 0.3) is 0 Å². The van der Waals surface area contributed by atoms with E-state index in [1.54, 1.807) is 6.92 Å². The van der Waals surface area contributed by atoms with Gasteiger partial charge in [-0.05, 0) is 20.3 Å². The van der Waals surface area contributed by atoms with Crippen molar-refractivity contribution >= 4 is 5.91 Å². The fourth-order valence-electron chi connectivity index (χ4n) is 1.92. The van der Waals surface area contributed by atoms with Crippen molar-refractivity contribution in [2.24, 2.45) is 11.1 Å². The molecule has 3 unspecified atom stereocenters. The standard InChI is InChI=1S/C11H22N2O2/c1-5-15-9-6-8(11(9,3)4)13-10(14)7(2)12/h7-9H,5-6,12H2,1-4H3,(H,13,14). The zero-order valence-corrected chi connectivity index (χ0v) is 10.0. The van der Waals surface area contributed by atoms with Crippen molar-refractivity contribution in [2.45, 2.75) is 52.3 Å². The molecule has 0 aromatic rings. The Morgan fingerprint density at radius 3 is 2.67 bits per heavy atom. The van der Waals surface area contributed by atoms with Crippen LogP contribution in [0.15, 0.2) is 0 Å². The highest BCUT2D eigenvalue weighted by Crippen LogP contribution is 2.42. The first-order chi connectivity index (χ1) is 6.89. The molecule has 0 aromatic carbocycles. The van der Waals surface area contributed by atoms with E-state index in [-0.39, 0.29) is 23.5 Å². The largest absolute Gasteiger partial charge is 0.378 e. The van der Waals surface area contributed by atoms with Crippen molar-refractivity contribution in [3.8, 4) is 0 Å². The van der Waals surface area contributed by atoms with Gasteiger partial charge in [0.1, 0.15) is 0 Å². The molecule has 0 heterocycles. The van der Waals surface area contributed by atoms with Gasteiger partial charge in [0.2, 0.25) is 5.91 Å². The Kier molecular flexibility index (Phi) is 3.73. The lowest BCUT2D eigenvalue weighted by molar-refractivity contribution is -0.137. The van der Waals surface area contributed by atoms with Crippen LogP contribution in [0.3, 0.4) is 0 Å². The zero-order chi connectivity index (χ0) is 11.6. The van der Waals surface area contributed by atoms with Crippen molar-refractivity contribution in [1.29, 1.82) is 0 Å². The number of carbonyl (C=O) groups is 1. The van der Waals surface area contributed by atoms with Gasteiger partial charge in [-0.3, -0.25) is 4.79 Å². The summed E-state index contributed by atoms with van der Waals surface area (Å²) in [6.45, 7) is 8.64. The van der Waals surface area contributed by atoms with Gasteiger partial charge in [-0.2, -0.15) is 0 Å². The summed E-state index contributed by atoms with van der Waals surface area (Å²) in [7, 11) is 0. The normalized spacial score (nSPS) is 30.5. The minimum atomic E-state index is -0.438. The molecule has 1 fully saturated rings. The molecule has 0 radical (unpaired) electrons. The number of rotatable bonds is 4. The van der Waals surface area contributed by atoms with Gasteiger partial charge in [-0.1, -0.05) is 13.8 Å². The fraction of sp³-hybridized carbons (Fsp3) is 0.909. The van der Waals surface area contributed by atoms with E-state index in [1.807, 2.05) is 6.92 Å². The molecule has 15 heavy (non-hydrogen) atoms. The average Bonchev–Trinajstić information content (AvgIpc) is 2.16. The van der Waals surface area contributed by atoms with Crippen molar-refractivity contribution in [1.82, 2.24) is 5.32 Å². The topological polar surface area (TPSA) is 64.3 Å². The molecule has 1 rings (SSSR count). The fourth-order valence-corrected chi connectivity index (χ4v) is 1.92. The first kappa shape index (κ1) is 12.5. The molecule has 3 atom stereocenters. The second kappa shape index (κ2) is 4.49. The van der Waals surface area contributed by atoms with E-state index < -0.39 is 6.04 Å². The summed E-state index contributed by atoms with van der Waals surface area (Å²) in [6.07, 6.45) is 1.14. The van der Waals surface area contributed by atoms with Crippen molar-refractivity contribution in [2.75, 3.05) is 6.61 Å². The van der Waals surface area contributed by atoms with E-state index in [4.69, 9.17) is 10.5 Å². The molecule has 4 heteroatoms. The van der Waals surface area contributed by atoms with E-state index in [0.29, 0.717) is 0 Å². The zero-order valence-electron chi connectivity index (χ0n) is 10.0. The van der Waals surface area contributed by atoms with Gasteiger partial charge in [-0.25, -0.2) is 0 Å². The first-order valence-corrected chi connectivity index (χ1v) is 5.57. The van der Waals surface area contributed by atoms with Gasteiger partial charge >= 0.3 is 0 Å². The summed E-state index contributed by atoms with van der Waals surface area (Å²) in [5.74, 6) is -0.0805. The predicted octanol–water partition coefficient (Wildman–Crippen LogP) is 0.653. The maximum Gasteiger partial charge on any atom is 0.236 e. The number of nitrogens with two attached hydrogens (primary N) is 1. The molecular formula is C11H22N2O2. The van der Waals surface area contributed by atoms with Crippen LogP contribution in [0.4, 0.5) is 0 Å². The van der Waals surface area contributed by atoms with E-state index in [1.165, 1.54) is 0 Å². The number of nitrogens with one attached hydrogen (secondary N) is 1. The summed E-state index contributed by atoms with van der Waals surface area (Å²) < 4.78 is 5.58. The molecule has 1 saturated carbocycles. The minimum absolute atomic E-state index is 0.0144. The van der Waals surface area contributed by atoms with Crippen molar-refractivity contribution in [3.05, 3.63) is 0 Å². The number of hydrogen-bond donors (Lipinski definition) is 2. The van der Waals surface area contributed by atoms with Crippen LogP contribution in [-0.2, 0) is 9.53 Å². The van der Waals surface area contributed by atoms with Gasteiger partial charge in [0.05, 0.1) is 12.1 Å². The van der Waals surface area contributed by atoms with E-state index in [9.17, 15) is 4.79 Å². The Morgan fingerprint density at radius 1 is 1.67 bits per heavy atom. The molecule has 1 aliphatic carbocycles. The van der Waals surface area contributed by atoms with Crippen LogP contribution in [0.5, 0.6) is 0 Å². The Hall–Kier alpha value is -0.610. The van der Waals surface area contributed by atoms with Crippen LogP contribution in [0.1, 0.15) is 34.1 Å². The van der Waals surface area contributed by atoms with Crippen LogP contribution in [-0.4, -0.2) is 30.7 Å². The summed E-state index contributed by atoms with van der Waals surface area (Å²) in [5.41, 5.74) is 5.52. The van der Waals surface area contributed by atoms with Crippen LogP contribution in [0.25, 0.3) is 0 Å². The SMILES string of the molecule is CCOC1CC(NC(=O)C(C)N)C1(C)C. The number of carbonyl (C=O) groups excluding carboxylic acids is 1. The van der Waals surface area contributed by atoms with Gasteiger partial charge in [-0.15, -0.1) is 0 Å². The Morgan fingerprint density at radius 2 is 2.27 bits per heavy atom. The predicted molar refractivity (Wildman–Crippen MR) is 59.4 cm³/mol. The second-order valence-electron chi connectivity index (χ2n) is 4.85. The molecule has 1 amide bonds. The lowest BCUT2D eigenvalue weighted by atomic mass is 9.64. The highest BCUT2D eigenvalue weighted by atomic mass is 16.5. The second-order valence-corrected chi connectivity index (χ2v) is 4.85. The highest BCUT2D eigenvalue weighted by molar-refractivity contribution is 5.81. The highest BCUT2D eigenvalue weighted by Gasteiger charge is 2.49. The Bertz CT molecular complexity index is 239. The molecule has 0 spiro atoms. The van der Waals surface area contributed by atoms with Crippen LogP contribution in [0, 0.1) is 5.41 Å². The first-order valence-electron chi connectivity index (χ1n) is 5.57. The molecular weight excluding hydrogens is 192 g/mol. The quantitative estimate of drug-likeness (QED) is 0.722. The van der Waals surface area contributed by atoms with E-state index >= 15 is 0 Å². The Labute approximate surface area is 91.5 Å². The number of ether oxygens (including phenoxy) is 1. The van der Waals surface area contributed by atoms with E-state index in [0.717, 1.165) is 13.0 Å². The molecule has 0 aliphatic heterocycles. The monoisotopic (exact) mass is 214 g/mol. The number of hydrogen-bond acceptors (Lipinski definition) is 3. The molecule has 0 saturated heterocycles. The molecule has 3 N–H and O–H groups in total. The third-order valence-electron chi connectivity index (χ3n) is 3.28. The van der Waals surface area contributed by atoms with E-state index in [2.05, 4.69) is 19.2 Å². The molecule has 4 nitrogen and oxygen atoms in total. The van der Waals surface area contributed by atoms with Gasteiger partial charge in [0, 0.05) is 18.1 Å².